The van der Waals surface area contributed by atoms with Crippen LogP contribution < -0.4 is 0 Å². The van der Waals surface area contributed by atoms with Gasteiger partial charge < -0.3 is 9.64 Å². The number of amides is 1. The maximum absolute atomic E-state index is 12.3. The summed E-state index contributed by atoms with van der Waals surface area (Å²) in [6, 6.07) is 9.33. The molecule has 4 nitrogen and oxygen atoms in total. The highest BCUT2D eigenvalue weighted by Gasteiger charge is 2.30. The van der Waals surface area contributed by atoms with E-state index in [-0.39, 0.29) is 12.0 Å². The van der Waals surface area contributed by atoms with Crippen LogP contribution in [0.1, 0.15) is 30.0 Å². The Hall–Kier alpha value is -1.86. The number of hydrogen-bond acceptors (Lipinski definition) is 3. The lowest BCUT2D eigenvalue weighted by atomic mass is 10.0. The van der Waals surface area contributed by atoms with Crippen LogP contribution in [-0.2, 0) is 9.53 Å². The van der Waals surface area contributed by atoms with E-state index in [0.717, 1.165) is 24.0 Å². The summed E-state index contributed by atoms with van der Waals surface area (Å²) >= 11 is 0. The summed E-state index contributed by atoms with van der Waals surface area (Å²) in [4.78, 5) is 13.7. The number of hydrogen-bond donors (Lipinski definition) is 0. The van der Waals surface area contributed by atoms with E-state index in [4.69, 9.17) is 4.74 Å². The smallest absolute Gasteiger partial charge is 0.252 e. The molecule has 0 bridgehead atoms. The van der Waals surface area contributed by atoms with Crippen LogP contribution in [-0.4, -0.2) is 30.6 Å². The van der Waals surface area contributed by atoms with Crippen molar-refractivity contribution < 1.29 is 9.53 Å². The SMILES string of the molecule is Cc1cccc(C(C#N)N(C)C(=O)C2CCCO2)c1. The van der Waals surface area contributed by atoms with Gasteiger partial charge in [0.2, 0.25) is 0 Å². The molecule has 0 aromatic heterocycles. The number of nitrogens with zero attached hydrogens (tertiary/aromatic N) is 2. The van der Waals surface area contributed by atoms with E-state index in [1.54, 1.807) is 7.05 Å². The molecule has 1 aliphatic heterocycles. The summed E-state index contributed by atoms with van der Waals surface area (Å²) < 4.78 is 5.39. The van der Waals surface area contributed by atoms with Crippen molar-refractivity contribution in [2.24, 2.45) is 0 Å². The Morgan fingerprint density at radius 1 is 1.58 bits per heavy atom. The highest BCUT2D eigenvalue weighted by Crippen LogP contribution is 2.23. The van der Waals surface area contributed by atoms with Crippen molar-refractivity contribution in [3.05, 3.63) is 35.4 Å². The topological polar surface area (TPSA) is 53.3 Å². The minimum absolute atomic E-state index is 0.106. The Morgan fingerprint density at radius 2 is 2.37 bits per heavy atom. The molecule has 0 radical (unpaired) electrons. The third kappa shape index (κ3) is 2.94. The van der Waals surface area contributed by atoms with Gasteiger partial charge in [-0.05, 0) is 25.3 Å². The fraction of sp³-hybridized carbons (Fsp3) is 0.467. The second-order valence-electron chi connectivity index (χ2n) is 4.90. The minimum Gasteiger partial charge on any atom is -0.368 e. The molecule has 100 valence electrons. The van der Waals surface area contributed by atoms with Gasteiger partial charge in [0.25, 0.3) is 5.91 Å². The number of aryl methyl sites for hydroxylation is 1. The molecule has 2 rings (SSSR count). The molecular weight excluding hydrogens is 240 g/mol. The van der Waals surface area contributed by atoms with Gasteiger partial charge in [0.05, 0.1) is 6.07 Å². The van der Waals surface area contributed by atoms with E-state index in [0.29, 0.717) is 6.61 Å². The lowest BCUT2D eigenvalue weighted by Crippen LogP contribution is -2.38. The molecule has 2 atom stereocenters. The molecule has 1 saturated heterocycles. The van der Waals surface area contributed by atoms with Gasteiger partial charge in [0.15, 0.2) is 0 Å². The molecule has 1 heterocycles. The van der Waals surface area contributed by atoms with E-state index < -0.39 is 6.04 Å². The van der Waals surface area contributed by atoms with Crippen molar-refractivity contribution in [3.8, 4) is 6.07 Å². The van der Waals surface area contributed by atoms with Gasteiger partial charge in [-0.25, -0.2) is 0 Å². The molecule has 0 N–H and O–H groups in total. The summed E-state index contributed by atoms with van der Waals surface area (Å²) in [5.41, 5.74) is 1.92. The average molecular weight is 258 g/mol. The number of likely N-dealkylation sites (N-methyl/N-ethyl adjacent to an activating group) is 1. The molecular formula is C15H18N2O2. The molecule has 1 fully saturated rings. The molecule has 0 saturated carbocycles. The van der Waals surface area contributed by atoms with E-state index in [1.165, 1.54) is 4.90 Å². The van der Waals surface area contributed by atoms with Crippen LogP contribution in [0.15, 0.2) is 24.3 Å². The number of rotatable bonds is 3. The van der Waals surface area contributed by atoms with Crippen LogP contribution in [0.3, 0.4) is 0 Å². The van der Waals surface area contributed by atoms with E-state index >= 15 is 0 Å². The van der Waals surface area contributed by atoms with Crippen molar-refractivity contribution in [3.63, 3.8) is 0 Å². The number of carbonyl (C=O) groups excluding carboxylic acids is 1. The van der Waals surface area contributed by atoms with E-state index in [2.05, 4.69) is 6.07 Å². The largest absolute Gasteiger partial charge is 0.368 e. The number of nitriles is 1. The molecule has 1 aromatic rings. The first-order valence-corrected chi connectivity index (χ1v) is 6.48. The molecule has 2 unspecified atom stereocenters. The first-order chi connectivity index (χ1) is 9.13. The predicted octanol–water partition coefficient (Wildman–Crippen LogP) is 2.20. The lowest BCUT2D eigenvalue weighted by Gasteiger charge is -2.25. The van der Waals surface area contributed by atoms with Crippen LogP contribution in [0.4, 0.5) is 0 Å². The molecule has 1 aliphatic rings. The van der Waals surface area contributed by atoms with Gasteiger partial charge >= 0.3 is 0 Å². The summed E-state index contributed by atoms with van der Waals surface area (Å²) in [5.74, 6) is -0.106. The summed E-state index contributed by atoms with van der Waals surface area (Å²) in [6.07, 6.45) is 1.27. The van der Waals surface area contributed by atoms with E-state index in [9.17, 15) is 10.1 Å². The molecule has 1 amide bonds. The number of benzene rings is 1. The van der Waals surface area contributed by atoms with Crippen molar-refractivity contribution in [1.82, 2.24) is 4.90 Å². The Labute approximate surface area is 113 Å². The Morgan fingerprint density at radius 3 is 2.95 bits per heavy atom. The highest BCUT2D eigenvalue weighted by atomic mass is 16.5. The minimum atomic E-state index is -0.559. The lowest BCUT2D eigenvalue weighted by molar-refractivity contribution is -0.140. The normalized spacial score (nSPS) is 19.7. The fourth-order valence-corrected chi connectivity index (χ4v) is 2.35. The zero-order chi connectivity index (χ0) is 13.8. The molecule has 0 spiro atoms. The Bertz CT molecular complexity index is 501. The fourth-order valence-electron chi connectivity index (χ4n) is 2.35. The quantitative estimate of drug-likeness (QED) is 0.835. The Balaban J connectivity index is 2.17. The standard InChI is InChI=1S/C15H18N2O2/c1-11-5-3-6-12(9-11)13(10-16)17(2)15(18)14-7-4-8-19-14/h3,5-6,9,13-14H,4,7-8H2,1-2H3. The zero-order valence-corrected chi connectivity index (χ0v) is 11.3. The Kier molecular flexibility index (Phi) is 4.18. The van der Waals surface area contributed by atoms with Gasteiger partial charge in [-0.2, -0.15) is 5.26 Å². The van der Waals surface area contributed by atoms with Crippen LogP contribution >= 0.6 is 0 Å². The third-order valence-electron chi connectivity index (χ3n) is 3.42. The van der Waals surface area contributed by atoms with E-state index in [1.807, 2.05) is 31.2 Å². The van der Waals surface area contributed by atoms with Crippen molar-refractivity contribution in [1.29, 1.82) is 5.26 Å². The first kappa shape index (κ1) is 13.6. The second-order valence-corrected chi connectivity index (χ2v) is 4.90. The van der Waals surface area contributed by atoms with Gasteiger partial charge in [0.1, 0.15) is 12.1 Å². The highest BCUT2D eigenvalue weighted by molar-refractivity contribution is 5.81. The molecule has 19 heavy (non-hydrogen) atoms. The maximum atomic E-state index is 12.3. The van der Waals surface area contributed by atoms with Crippen molar-refractivity contribution >= 4 is 5.91 Å². The zero-order valence-electron chi connectivity index (χ0n) is 11.3. The molecule has 1 aromatic carbocycles. The first-order valence-electron chi connectivity index (χ1n) is 6.48. The number of carbonyl (C=O) groups is 1. The van der Waals surface area contributed by atoms with Crippen molar-refractivity contribution in [2.75, 3.05) is 13.7 Å². The summed E-state index contributed by atoms with van der Waals surface area (Å²) in [5, 5.41) is 9.35. The summed E-state index contributed by atoms with van der Waals surface area (Å²) in [7, 11) is 1.67. The van der Waals surface area contributed by atoms with Crippen LogP contribution in [0, 0.1) is 18.3 Å². The van der Waals surface area contributed by atoms with Gasteiger partial charge in [-0.3, -0.25) is 4.79 Å². The van der Waals surface area contributed by atoms with Crippen LogP contribution in [0.25, 0.3) is 0 Å². The monoisotopic (exact) mass is 258 g/mol. The molecule has 4 heteroatoms. The number of ether oxygens (including phenoxy) is 1. The average Bonchev–Trinajstić information content (AvgIpc) is 2.92. The predicted molar refractivity (Wildman–Crippen MR) is 71.3 cm³/mol. The van der Waals surface area contributed by atoms with Crippen molar-refractivity contribution in [2.45, 2.75) is 31.9 Å². The van der Waals surface area contributed by atoms with Gasteiger partial charge in [-0.15, -0.1) is 0 Å². The maximum Gasteiger partial charge on any atom is 0.252 e. The molecule has 0 aliphatic carbocycles. The van der Waals surface area contributed by atoms with Crippen LogP contribution in [0.2, 0.25) is 0 Å². The van der Waals surface area contributed by atoms with Gasteiger partial charge in [-0.1, -0.05) is 29.8 Å². The third-order valence-corrected chi connectivity index (χ3v) is 3.42. The van der Waals surface area contributed by atoms with Gasteiger partial charge in [0, 0.05) is 13.7 Å². The second kappa shape index (κ2) is 5.85. The van der Waals surface area contributed by atoms with Crippen LogP contribution in [0.5, 0.6) is 0 Å². The summed E-state index contributed by atoms with van der Waals surface area (Å²) in [6.45, 7) is 2.60.